The van der Waals surface area contributed by atoms with Gasteiger partial charge in [-0.1, -0.05) is 20.8 Å². The molecule has 3 fully saturated rings. The highest BCUT2D eigenvalue weighted by Gasteiger charge is 2.53. The van der Waals surface area contributed by atoms with E-state index in [4.69, 9.17) is 47.5 Å². The van der Waals surface area contributed by atoms with Crippen LogP contribution in [0.3, 0.4) is 0 Å². The van der Waals surface area contributed by atoms with Crippen LogP contribution in [-0.2, 0) is 61.9 Å². The molecular weight excluding hydrogens is 706 g/mol. The number of carbonyl (C=O) groups is 3. The van der Waals surface area contributed by atoms with Crippen LogP contribution < -0.4 is 0 Å². The molecule has 4 heterocycles. The van der Waals surface area contributed by atoms with Gasteiger partial charge < -0.3 is 47.9 Å². The number of ketones is 1. The minimum absolute atomic E-state index is 0.00901. The van der Waals surface area contributed by atoms with Crippen molar-refractivity contribution in [3.05, 3.63) is 11.3 Å². The summed E-state index contributed by atoms with van der Waals surface area (Å²) in [5.41, 5.74) is -2.06. The van der Waals surface area contributed by atoms with E-state index < -0.39 is 89.9 Å². The molecule has 0 aromatic heterocycles. The van der Waals surface area contributed by atoms with Gasteiger partial charge in [-0.05, 0) is 81.0 Å². The molecule has 4 aliphatic heterocycles. The summed E-state index contributed by atoms with van der Waals surface area (Å²) in [6.07, 6.45) is -4.10. The standard InChI is InChI=1S/C38H63NO12.CO2/c1-14-28-38(10,43)33(41)23(6)30-19(2)15-27(48-30)32(51-36-21(4)26(39(11)12)16-20(3)46-36)22(5)31(24(7)35(42)49-28)50-29-17-37(9,44-13)34(45-18-40)25(8)47-29;2-1-3/h18,20-29,31-32,34,36,43H,14-17H2,1-13H3;/t20-,21-,22+,23+,24-,25?,26+,27-,28-,29+,31+,32-,34+,36?,37-,38-;/m1./s1. The van der Waals surface area contributed by atoms with Gasteiger partial charge in [0.25, 0.3) is 6.47 Å². The van der Waals surface area contributed by atoms with Crippen LogP contribution in [0, 0.1) is 23.7 Å². The van der Waals surface area contributed by atoms with Crippen molar-refractivity contribution >= 4 is 24.4 Å². The Bertz CT molecular complexity index is 1360. The zero-order valence-electron chi connectivity index (χ0n) is 34.2. The van der Waals surface area contributed by atoms with Gasteiger partial charge in [0, 0.05) is 37.8 Å². The van der Waals surface area contributed by atoms with Crippen molar-refractivity contribution in [2.45, 2.75) is 167 Å². The Labute approximate surface area is 319 Å². The Balaban J connectivity index is 0.00000253. The first kappa shape index (κ1) is 45.6. The highest BCUT2D eigenvalue weighted by molar-refractivity contribution is 5.91. The van der Waals surface area contributed by atoms with Crippen LogP contribution in [0.1, 0.15) is 94.9 Å². The summed E-state index contributed by atoms with van der Waals surface area (Å²) >= 11 is 0. The third-order valence-electron chi connectivity index (χ3n) is 11.9. The molecule has 308 valence electrons. The van der Waals surface area contributed by atoms with E-state index in [2.05, 4.69) is 25.9 Å². The van der Waals surface area contributed by atoms with Crippen LogP contribution in [-0.4, -0.2) is 128 Å². The summed E-state index contributed by atoms with van der Waals surface area (Å²) in [4.78, 5) is 57.8. The number of carbonyl (C=O) groups excluding carboxylic acids is 5. The number of hydrogen-bond donors (Lipinski definition) is 1. The molecule has 0 aromatic rings. The molecular formula is C39H63NO14. The number of ether oxygens (including phenoxy) is 8. The molecule has 1 N–H and O–H groups in total. The van der Waals surface area contributed by atoms with E-state index in [1.54, 1.807) is 34.8 Å². The number of allylic oxidation sites excluding steroid dienone is 1. The van der Waals surface area contributed by atoms with Crippen LogP contribution >= 0.6 is 0 Å². The first-order valence-corrected chi connectivity index (χ1v) is 19.0. The summed E-state index contributed by atoms with van der Waals surface area (Å²) in [6, 6.07) is 0.195. The maximum absolute atomic E-state index is 14.1. The quantitative estimate of drug-likeness (QED) is 0.265. The lowest BCUT2D eigenvalue weighted by Crippen LogP contribution is -2.59. The van der Waals surface area contributed by atoms with E-state index in [0.717, 1.165) is 12.0 Å². The van der Waals surface area contributed by atoms with Gasteiger partial charge in [0.15, 0.2) is 30.1 Å². The highest BCUT2D eigenvalue weighted by Crippen LogP contribution is 2.42. The Kier molecular flexibility index (Phi) is 16.0. The van der Waals surface area contributed by atoms with E-state index in [-0.39, 0.29) is 37.1 Å². The molecule has 15 nitrogen and oxygen atoms in total. The van der Waals surface area contributed by atoms with E-state index in [0.29, 0.717) is 18.7 Å². The minimum atomic E-state index is -1.98. The average molecular weight is 770 g/mol. The van der Waals surface area contributed by atoms with Crippen LogP contribution in [0.15, 0.2) is 11.3 Å². The van der Waals surface area contributed by atoms with Gasteiger partial charge in [-0.25, -0.2) is 0 Å². The van der Waals surface area contributed by atoms with E-state index in [1.165, 1.54) is 6.92 Å². The molecule has 2 bridgehead atoms. The molecule has 0 spiro atoms. The fourth-order valence-corrected chi connectivity index (χ4v) is 8.70. The first-order chi connectivity index (χ1) is 25.2. The molecule has 16 atom stereocenters. The lowest BCUT2D eigenvalue weighted by molar-refractivity contribution is -0.307. The number of rotatable bonds is 9. The summed E-state index contributed by atoms with van der Waals surface area (Å²) in [5.74, 6) is -2.88. The van der Waals surface area contributed by atoms with E-state index in [1.807, 2.05) is 27.7 Å². The lowest BCUT2D eigenvalue weighted by Gasteiger charge is -2.48. The smallest absolute Gasteiger partial charge is 0.373 e. The number of aliphatic hydroxyl groups is 1. The molecule has 3 saturated heterocycles. The topological polar surface area (TPSA) is 183 Å². The maximum atomic E-state index is 14.1. The minimum Gasteiger partial charge on any atom is -0.491 e. The van der Waals surface area contributed by atoms with Crippen molar-refractivity contribution in [1.82, 2.24) is 4.90 Å². The van der Waals surface area contributed by atoms with Crippen LogP contribution in [0.4, 0.5) is 0 Å². The van der Waals surface area contributed by atoms with Crippen molar-refractivity contribution in [1.29, 1.82) is 0 Å². The van der Waals surface area contributed by atoms with Crippen LogP contribution in [0.25, 0.3) is 0 Å². The van der Waals surface area contributed by atoms with Crippen molar-refractivity contribution in [2.24, 2.45) is 23.7 Å². The van der Waals surface area contributed by atoms with Gasteiger partial charge >= 0.3 is 12.1 Å². The normalized spacial score (nSPS) is 43.3. The van der Waals surface area contributed by atoms with Crippen LogP contribution in [0.5, 0.6) is 0 Å². The van der Waals surface area contributed by atoms with Crippen molar-refractivity contribution in [3.8, 4) is 0 Å². The fraction of sp³-hybridized carbons (Fsp3) is 0.846. The fourth-order valence-electron chi connectivity index (χ4n) is 8.70. The molecule has 0 amide bonds. The molecule has 0 radical (unpaired) electrons. The molecule has 2 unspecified atom stereocenters. The van der Waals surface area contributed by atoms with Crippen molar-refractivity contribution < 1.29 is 67.0 Å². The monoisotopic (exact) mass is 769 g/mol. The largest absolute Gasteiger partial charge is 0.491 e. The summed E-state index contributed by atoms with van der Waals surface area (Å²) in [5, 5.41) is 11.6. The Hall–Kier alpha value is -2.75. The van der Waals surface area contributed by atoms with Gasteiger partial charge in [0.05, 0.1) is 30.1 Å². The Morgan fingerprint density at radius 2 is 1.61 bits per heavy atom. The summed E-state index contributed by atoms with van der Waals surface area (Å²) in [7, 11) is 5.64. The number of cyclic esters (lactones) is 1. The second-order valence-electron chi connectivity index (χ2n) is 16.1. The van der Waals surface area contributed by atoms with Crippen molar-refractivity contribution in [2.75, 3.05) is 21.2 Å². The van der Waals surface area contributed by atoms with E-state index >= 15 is 0 Å². The third-order valence-corrected chi connectivity index (χ3v) is 11.9. The highest BCUT2D eigenvalue weighted by atomic mass is 16.7. The second kappa shape index (κ2) is 18.9. The zero-order valence-corrected chi connectivity index (χ0v) is 34.2. The zero-order chi connectivity index (χ0) is 40.9. The maximum Gasteiger partial charge on any atom is 0.373 e. The predicted octanol–water partition coefficient (Wildman–Crippen LogP) is 3.58. The molecule has 0 saturated carbocycles. The number of hydrogen-bond acceptors (Lipinski definition) is 15. The summed E-state index contributed by atoms with van der Waals surface area (Å²) < 4.78 is 50.5. The molecule has 4 aliphatic rings. The Morgan fingerprint density at radius 1 is 0.981 bits per heavy atom. The second-order valence-corrected chi connectivity index (χ2v) is 16.1. The van der Waals surface area contributed by atoms with Gasteiger partial charge in [0.2, 0.25) is 0 Å². The van der Waals surface area contributed by atoms with Gasteiger partial charge in [-0.3, -0.25) is 14.4 Å². The number of fused-ring (bicyclic) bond motifs is 2. The molecule has 0 aromatic carbocycles. The van der Waals surface area contributed by atoms with Gasteiger partial charge in [0.1, 0.15) is 29.7 Å². The molecule has 54 heavy (non-hydrogen) atoms. The third kappa shape index (κ3) is 9.78. The predicted molar refractivity (Wildman–Crippen MR) is 191 cm³/mol. The molecule has 0 aliphatic carbocycles. The number of methoxy groups -OCH3 is 1. The summed E-state index contributed by atoms with van der Waals surface area (Å²) in [6.45, 7) is 18.6. The van der Waals surface area contributed by atoms with Gasteiger partial charge in [-0.15, -0.1) is 0 Å². The van der Waals surface area contributed by atoms with Gasteiger partial charge in [-0.2, -0.15) is 9.59 Å². The number of Topliss-reactive ketones (excluding diaryl/α,β-unsaturated/α-hetero) is 1. The molecule has 4 rings (SSSR count). The van der Waals surface area contributed by atoms with Crippen molar-refractivity contribution in [3.63, 3.8) is 0 Å². The Morgan fingerprint density at radius 3 is 2.17 bits per heavy atom. The van der Waals surface area contributed by atoms with E-state index in [9.17, 15) is 19.5 Å². The average Bonchev–Trinajstić information content (AvgIpc) is 3.50. The number of esters is 1. The first-order valence-electron chi connectivity index (χ1n) is 19.0. The lowest BCUT2D eigenvalue weighted by atomic mass is 9.82. The molecule has 15 heteroatoms. The van der Waals surface area contributed by atoms with Crippen LogP contribution in [0.2, 0.25) is 0 Å². The number of nitrogens with zero attached hydrogens (tertiary/aromatic N) is 1. The SMILES string of the molecule is CC[C@H]1OC(=O)[C@H](C)[C@@H](O[C@H]2C[C@@](C)(OC)[C@@H](OC=O)C(C)O2)[C@H](C)[C@@H](OC2O[C@H](C)C[C@H](N(C)C)[C@H]2C)[C@H]2CC(C)=C(O2)[C@H](C)C(=O)[C@]1(C)O.O=C=O.